The number of rotatable bonds is 7. The van der Waals surface area contributed by atoms with Crippen LogP contribution in [0.4, 0.5) is 0 Å². The van der Waals surface area contributed by atoms with Gasteiger partial charge in [0.05, 0.1) is 11.6 Å². The third-order valence-corrected chi connectivity index (χ3v) is 4.26. The summed E-state index contributed by atoms with van der Waals surface area (Å²) in [5, 5.41) is 0. The van der Waals surface area contributed by atoms with Crippen LogP contribution < -0.4 is 5.73 Å². The summed E-state index contributed by atoms with van der Waals surface area (Å²) in [7, 11) is 1.65. The Labute approximate surface area is 121 Å². The van der Waals surface area contributed by atoms with E-state index in [1.807, 2.05) is 4.90 Å². The number of hydrogen-bond donors (Lipinski definition) is 1. The molecule has 0 aromatic heterocycles. The summed E-state index contributed by atoms with van der Waals surface area (Å²) in [6, 6.07) is 0. The number of nitrogens with two attached hydrogens (primary N) is 1. The minimum atomic E-state index is 0.103. The van der Waals surface area contributed by atoms with Crippen molar-refractivity contribution in [3.05, 3.63) is 0 Å². The minimum absolute atomic E-state index is 0.103. The maximum Gasteiger partial charge on any atom is 0.226 e. The molecule has 1 amide bonds. The van der Waals surface area contributed by atoms with Gasteiger partial charge in [-0.15, -0.1) is 0 Å². The second kappa shape index (κ2) is 7.20. The van der Waals surface area contributed by atoms with Crippen LogP contribution in [-0.4, -0.2) is 42.6 Å². The summed E-state index contributed by atoms with van der Waals surface area (Å²) in [6.45, 7) is 6.14. The van der Waals surface area contributed by atoms with Crippen LogP contribution in [0.25, 0.3) is 0 Å². The smallest absolute Gasteiger partial charge is 0.226 e. The van der Waals surface area contributed by atoms with Crippen LogP contribution in [0.5, 0.6) is 0 Å². The average Bonchev–Trinajstić information content (AvgIpc) is 2.68. The molecule has 110 valence electrons. The van der Waals surface area contributed by atoms with Gasteiger partial charge in [0.1, 0.15) is 0 Å². The van der Waals surface area contributed by atoms with Crippen molar-refractivity contribution in [1.29, 1.82) is 0 Å². The average molecular weight is 286 g/mol. The first kappa shape index (κ1) is 16.4. The molecule has 4 nitrogen and oxygen atoms in total. The molecule has 0 aromatic rings. The molecule has 1 unspecified atom stereocenters. The maximum atomic E-state index is 12.7. The number of ether oxygens (including phenoxy) is 1. The Morgan fingerprint density at radius 3 is 2.63 bits per heavy atom. The van der Waals surface area contributed by atoms with Crippen LogP contribution in [0.3, 0.4) is 0 Å². The lowest BCUT2D eigenvalue weighted by molar-refractivity contribution is -0.138. The minimum Gasteiger partial charge on any atom is -0.393 e. The van der Waals surface area contributed by atoms with Gasteiger partial charge in [-0.3, -0.25) is 4.79 Å². The van der Waals surface area contributed by atoms with E-state index in [0.717, 1.165) is 19.3 Å². The number of carbonyl (C=O) groups is 1. The third kappa shape index (κ3) is 4.73. The normalized spacial score (nSPS) is 21.3. The Bertz CT molecular complexity index is 331. The van der Waals surface area contributed by atoms with Gasteiger partial charge in [0.2, 0.25) is 5.91 Å². The van der Waals surface area contributed by atoms with Gasteiger partial charge in [0.25, 0.3) is 0 Å². The zero-order valence-electron chi connectivity index (χ0n) is 12.3. The first-order chi connectivity index (χ1) is 8.88. The number of hydrogen-bond acceptors (Lipinski definition) is 3. The van der Waals surface area contributed by atoms with Gasteiger partial charge in [-0.05, 0) is 18.3 Å². The molecule has 1 aliphatic rings. The predicted octanol–water partition coefficient (Wildman–Crippen LogP) is 1.96. The molecule has 1 aliphatic carbocycles. The number of methoxy groups -OCH3 is 1. The van der Waals surface area contributed by atoms with E-state index in [-0.39, 0.29) is 17.2 Å². The molecule has 1 rings (SSSR count). The van der Waals surface area contributed by atoms with Crippen molar-refractivity contribution in [2.75, 3.05) is 26.8 Å². The van der Waals surface area contributed by atoms with E-state index in [4.69, 9.17) is 22.7 Å². The van der Waals surface area contributed by atoms with Gasteiger partial charge in [0, 0.05) is 32.5 Å². The second-order valence-corrected chi connectivity index (χ2v) is 6.49. The van der Waals surface area contributed by atoms with Crippen molar-refractivity contribution in [3.63, 3.8) is 0 Å². The zero-order valence-corrected chi connectivity index (χ0v) is 13.1. The number of thiocarbonyl (C=S) groups is 1. The van der Waals surface area contributed by atoms with E-state index in [2.05, 4.69) is 13.8 Å². The van der Waals surface area contributed by atoms with Crippen molar-refractivity contribution in [2.45, 2.75) is 39.5 Å². The summed E-state index contributed by atoms with van der Waals surface area (Å²) in [5.41, 5.74) is 5.64. The van der Waals surface area contributed by atoms with Gasteiger partial charge >= 0.3 is 0 Å². The molecule has 19 heavy (non-hydrogen) atoms. The fraction of sp³-hybridized carbons (Fsp3) is 0.857. The van der Waals surface area contributed by atoms with Crippen LogP contribution >= 0.6 is 12.2 Å². The Hall–Kier alpha value is -0.680. The second-order valence-electron chi connectivity index (χ2n) is 5.97. The maximum absolute atomic E-state index is 12.7. The number of nitrogens with zero attached hydrogens (tertiary/aromatic N) is 1. The van der Waals surface area contributed by atoms with Crippen LogP contribution in [0, 0.1) is 11.3 Å². The third-order valence-electron chi connectivity index (χ3n) is 4.06. The van der Waals surface area contributed by atoms with Gasteiger partial charge in [0.15, 0.2) is 0 Å². The van der Waals surface area contributed by atoms with Crippen LogP contribution in [0.15, 0.2) is 0 Å². The molecule has 0 radical (unpaired) electrons. The molecule has 1 fully saturated rings. The predicted molar refractivity (Wildman–Crippen MR) is 81.0 cm³/mol. The topological polar surface area (TPSA) is 55.6 Å². The SMILES string of the molecule is COCCN(CCC(N)=S)C(=O)C1CCCC1(C)C. The number of carbonyl (C=O) groups excluding carboxylic acids is 1. The van der Waals surface area contributed by atoms with Gasteiger partial charge in [-0.25, -0.2) is 0 Å². The fourth-order valence-electron chi connectivity index (χ4n) is 2.78. The molecule has 0 aliphatic heterocycles. The first-order valence-corrected chi connectivity index (χ1v) is 7.35. The Kier molecular flexibility index (Phi) is 6.20. The molecule has 0 bridgehead atoms. The van der Waals surface area contributed by atoms with E-state index >= 15 is 0 Å². The molecule has 0 heterocycles. The standard InChI is InChI=1S/C14H26N2O2S/c1-14(2)7-4-5-11(14)13(17)16(9-10-18-3)8-6-12(15)19/h11H,4-10H2,1-3H3,(H2,15,19). The summed E-state index contributed by atoms with van der Waals surface area (Å²) >= 11 is 4.90. The molecule has 1 saturated carbocycles. The Morgan fingerprint density at radius 1 is 1.47 bits per heavy atom. The van der Waals surface area contributed by atoms with Crippen molar-refractivity contribution in [2.24, 2.45) is 17.1 Å². The highest BCUT2D eigenvalue weighted by Crippen LogP contribution is 2.43. The van der Waals surface area contributed by atoms with E-state index in [0.29, 0.717) is 31.1 Å². The largest absolute Gasteiger partial charge is 0.393 e. The van der Waals surface area contributed by atoms with Crippen LogP contribution in [0.2, 0.25) is 0 Å². The van der Waals surface area contributed by atoms with Gasteiger partial charge in [-0.1, -0.05) is 32.5 Å². The summed E-state index contributed by atoms with van der Waals surface area (Å²) in [4.78, 5) is 15.0. The molecule has 0 saturated heterocycles. The van der Waals surface area contributed by atoms with Crippen molar-refractivity contribution in [3.8, 4) is 0 Å². The molecule has 5 heteroatoms. The summed E-state index contributed by atoms with van der Waals surface area (Å²) in [5.74, 6) is 0.353. The molecule has 1 atom stereocenters. The van der Waals surface area contributed by atoms with E-state index in [9.17, 15) is 4.79 Å². The summed E-state index contributed by atoms with van der Waals surface area (Å²) in [6.07, 6.45) is 3.83. The zero-order chi connectivity index (χ0) is 14.5. The van der Waals surface area contributed by atoms with E-state index < -0.39 is 0 Å². The lowest BCUT2D eigenvalue weighted by Crippen LogP contribution is -2.42. The molecule has 2 N–H and O–H groups in total. The highest BCUT2D eigenvalue weighted by Gasteiger charge is 2.40. The number of amides is 1. The summed E-state index contributed by atoms with van der Waals surface area (Å²) < 4.78 is 5.09. The lowest BCUT2D eigenvalue weighted by atomic mass is 9.81. The van der Waals surface area contributed by atoms with Crippen molar-refractivity contribution < 1.29 is 9.53 Å². The quantitative estimate of drug-likeness (QED) is 0.727. The van der Waals surface area contributed by atoms with Gasteiger partial charge < -0.3 is 15.4 Å². The highest BCUT2D eigenvalue weighted by molar-refractivity contribution is 7.80. The lowest BCUT2D eigenvalue weighted by Gasteiger charge is -2.32. The Balaban J connectivity index is 2.67. The Morgan fingerprint density at radius 2 is 2.16 bits per heavy atom. The highest BCUT2D eigenvalue weighted by atomic mass is 32.1. The van der Waals surface area contributed by atoms with Crippen LogP contribution in [-0.2, 0) is 9.53 Å². The fourth-order valence-corrected chi connectivity index (χ4v) is 2.88. The monoisotopic (exact) mass is 286 g/mol. The van der Waals surface area contributed by atoms with Crippen molar-refractivity contribution >= 4 is 23.1 Å². The first-order valence-electron chi connectivity index (χ1n) is 6.94. The van der Waals surface area contributed by atoms with E-state index in [1.165, 1.54) is 0 Å². The molecule has 0 aromatic carbocycles. The van der Waals surface area contributed by atoms with E-state index in [1.54, 1.807) is 7.11 Å². The van der Waals surface area contributed by atoms with Gasteiger partial charge in [-0.2, -0.15) is 0 Å². The molecule has 0 spiro atoms. The van der Waals surface area contributed by atoms with Crippen molar-refractivity contribution in [1.82, 2.24) is 4.90 Å². The molecular formula is C14H26N2O2S. The van der Waals surface area contributed by atoms with Crippen LogP contribution in [0.1, 0.15) is 39.5 Å². The molecular weight excluding hydrogens is 260 g/mol.